The van der Waals surface area contributed by atoms with Crippen molar-refractivity contribution in [1.29, 1.82) is 0 Å². The van der Waals surface area contributed by atoms with Gasteiger partial charge < -0.3 is 10.5 Å². The molecule has 0 spiro atoms. The maximum Gasteiger partial charge on any atom is 0.143 e. The van der Waals surface area contributed by atoms with E-state index in [1.54, 1.807) is 23.5 Å². The van der Waals surface area contributed by atoms with Gasteiger partial charge in [-0.25, -0.2) is 4.98 Å². The molecule has 0 atom stereocenters. The molecule has 1 aromatic heterocycles. The lowest BCUT2D eigenvalue weighted by Gasteiger charge is -2.09. The molecule has 1 aromatic carbocycles. The lowest BCUT2D eigenvalue weighted by Crippen LogP contribution is -2.03. The fourth-order valence-corrected chi connectivity index (χ4v) is 2.58. The number of nitrogens with two attached hydrogens (primary N) is 1. The zero-order valence-corrected chi connectivity index (χ0v) is 12.1. The predicted octanol–water partition coefficient (Wildman–Crippen LogP) is 3.96. The first-order valence-electron chi connectivity index (χ1n) is 5.34. The molecule has 18 heavy (non-hydrogen) atoms. The summed E-state index contributed by atoms with van der Waals surface area (Å²) in [4.78, 5) is 5.40. The molecule has 0 radical (unpaired) electrons. The maximum atomic E-state index is 5.91. The number of nitrogen functional groups attached to an aromatic ring is 1. The highest BCUT2D eigenvalue weighted by molar-refractivity contribution is 7.09. The third kappa shape index (κ3) is 3.07. The molecule has 0 aliphatic carbocycles. The Labute approximate surface area is 120 Å². The second-order valence-electron chi connectivity index (χ2n) is 3.76. The lowest BCUT2D eigenvalue weighted by molar-refractivity contribution is 0.324. The van der Waals surface area contributed by atoms with E-state index in [1.165, 1.54) is 4.88 Å². The summed E-state index contributed by atoms with van der Waals surface area (Å²) in [6, 6.07) is 3.23. The topological polar surface area (TPSA) is 48.1 Å². The van der Waals surface area contributed by atoms with Gasteiger partial charge in [-0.1, -0.05) is 23.2 Å². The largest absolute Gasteiger partial charge is 0.491 e. The van der Waals surface area contributed by atoms with Gasteiger partial charge in [-0.2, -0.15) is 0 Å². The summed E-state index contributed by atoms with van der Waals surface area (Å²) >= 11 is 13.4. The van der Waals surface area contributed by atoms with Crippen LogP contribution in [-0.4, -0.2) is 11.6 Å². The van der Waals surface area contributed by atoms with Crippen molar-refractivity contribution in [3.8, 4) is 5.75 Å². The fourth-order valence-electron chi connectivity index (χ4n) is 1.49. The van der Waals surface area contributed by atoms with Crippen molar-refractivity contribution in [2.24, 2.45) is 0 Å². The second-order valence-corrected chi connectivity index (χ2v) is 5.52. The quantitative estimate of drug-likeness (QED) is 0.870. The fraction of sp³-hybridized carbons (Fsp3) is 0.250. The Morgan fingerprint density at radius 1 is 1.33 bits per heavy atom. The van der Waals surface area contributed by atoms with Gasteiger partial charge >= 0.3 is 0 Å². The molecule has 6 heteroatoms. The Bertz CT molecular complexity index is 557. The first kappa shape index (κ1) is 13.5. The van der Waals surface area contributed by atoms with Crippen molar-refractivity contribution in [2.75, 3.05) is 12.3 Å². The zero-order chi connectivity index (χ0) is 13.1. The molecular weight excluding hydrogens is 291 g/mol. The van der Waals surface area contributed by atoms with Crippen LogP contribution in [0.15, 0.2) is 17.6 Å². The standard InChI is InChI=1S/C12H12Cl2N2OS/c1-7-12(18-6-16-7)2-3-17-11-5-9(14)8(13)4-10(11)15/h4-6H,2-3,15H2,1H3. The average molecular weight is 303 g/mol. The van der Waals surface area contributed by atoms with Gasteiger partial charge in [0.15, 0.2) is 0 Å². The third-order valence-corrected chi connectivity index (χ3v) is 4.20. The molecule has 2 aromatic rings. The van der Waals surface area contributed by atoms with Crippen LogP contribution in [0.25, 0.3) is 0 Å². The Kier molecular flexibility index (Phi) is 4.32. The highest BCUT2D eigenvalue weighted by atomic mass is 35.5. The number of anilines is 1. The third-order valence-electron chi connectivity index (χ3n) is 2.48. The molecule has 2 rings (SSSR count). The smallest absolute Gasteiger partial charge is 0.143 e. The molecule has 0 aliphatic rings. The van der Waals surface area contributed by atoms with Crippen molar-refractivity contribution in [1.82, 2.24) is 4.98 Å². The molecule has 0 fully saturated rings. The van der Waals surface area contributed by atoms with E-state index in [4.69, 9.17) is 33.7 Å². The van der Waals surface area contributed by atoms with Crippen LogP contribution in [0.2, 0.25) is 10.0 Å². The van der Waals surface area contributed by atoms with Gasteiger partial charge in [0.2, 0.25) is 0 Å². The number of benzene rings is 1. The van der Waals surface area contributed by atoms with E-state index < -0.39 is 0 Å². The molecule has 0 unspecified atom stereocenters. The molecule has 96 valence electrons. The Hall–Kier alpha value is -0.970. The van der Waals surface area contributed by atoms with Crippen LogP contribution in [0.1, 0.15) is 10.6 Å². The first-order chi connectivity index (χ1) is 8.58. The number of ether oxygens (including phenoxy) is 1. The SMILES string of the molecule is Cc1ncsc1CCOc1cc(Cl)c(Cl)cc1N. The molecule has 0 aliphatic heterocycles. The van der Waals surface area contributed by atoms with Gasteiger partial charge in [-0.3, -0.25) is 0 Å². The lowest BCUT2D eigenvalue weighted by atomic mass is 10.3. The molecule has 1 heterocycles. The zero-order valence-electron chi connectivity index (χ0n) is 9.74. The van der Waals surface area contributed by atoms with Gasteiger partial charge in [0, 0.05) is 17.4 Å². The predicted molar refractivity (Wildman–Crippen MR) is 76.9 cm³/mol. The minimum atomic E-state index is 0.430. The van der Waals surface area contributed by atoms with Crippen molar-refractivity contribution < 1.29 is 4.74 Å². The van der Waals surface area contributed by atoms with Gasteiger partial charge in [0.05, 0.1) is 33.5 Å². The van der Waals surface area contributed by atoms with Crippen LogP contribution >= 0.6 is 34.5 Å². The molecule has 0 saturated heterocycles. The van der Waals surface area contributed by atoms with Crippen LogP contribution in [0.3, 0.4) is 0 Å². The van der Waals surface area contributed by atoms with Crippen LogP contribution in [0.5, 0.6) is 5.75 Å². The molecule has 0 saturated carbocycles. The van der Waals surface area contributed by atoms with E-state index in [0.29, 0.717) is 28.1 Å². The maximum absolute atomic E-state index is 5.91. The van der Waals surface area contributed by atoms with Crippen LogP contribution in [0.4, 0.5) is 5.69 Å². The monoisotopic (exact) mass is 302 g/mol. The van der Waals surface area contributed by atoms with Crippen LogP contribution in [-0.2, 0) is 6.42 Å². The van der Waals surface area contributed by atoms with E-state index in [2.05, 4.69) is 4.98 Å². The summed E-state index contributed by atoms with van der Waals surface area (Å²) in [5.41, 5.74) is 9.17. The summed E-state index contributed by atoms with van der Waals surface area (Å²) < 4.78 is 5.61. The van der Waals surface area contributed by atoms with Gasteiger partial charge in [-0.05, 0) is 13.0 Å². The normalized spacial score (nSPS) is 10.6. The molecular formula is C12H12Cl2N2OS. The van der Waals surface area contributed by atoms with E-state index in [9.17, 15) is 0 Å². The number of hydrogen-bond donors (Lipinski definition) is 1. The van der Waals surface area contributed by atoms with Crippen molar-refractivity contribution in [2.45, 2.75) is 13.3 Å². The highest BCUT2D eigenvalue weighted by Gasteiger charge is 2.07. The van der Waals surface area contributed by atoms with Gasteiger partial charge in [-0.15, -0.1) is 11.3 Å². The molecule has 3 nitrogen and oxygen atoms in total. The number of nitrogens with zero attached hydrogens (tertiary/aromatic N) is 1. The van der Waals surface area contributed by atoms with E-state index in [1.807, 2.05) is 12.4 Å². The van der Waals surface area contributed by atoms with Crippen LogP contribution in [0, 0.1) is 6.92 Å². The molecule has 2 N–H and O–H groups in total. The van der Waals surface area contributed by atoms with Crippen LogP contribution < -0.4 is 10.5 Å². The minimum Gasteiger partial charge on any atom is -0.491 e. The molecule has 0 amide bonds. The Morgan fingerprint density at radius 2 is 2.06 bits per heavy atom. The first-order valence-corrected chi connectivity index (χ1v) is 6.97. The number of rotatable bonds is 4. The summed E-state index contributed by atoms with van der Waals surface area (Å²) in [6.45, 7) is 2.52. The summed E-state index contributed by atoms with van der Waals surface area (Å²) in [7, 11) is 0. The van der Waals surface area contributed by atoms with E-state index in [0.717, 1.165) is 12.1 Å². The van der Waals surface area contributed by atoms with E-state index >= 15 is 0 Å². The van der Waals surface area contributed by atoms with E-state index in [-0.39, 0.29) is 0 Å². The Morgan fingerprint density at radius 3 is 2.72 bits per heavy atom. The summed E-state index contributed by atoms with van der Waals surface area (Å²) in [6.07, 6.45) is 0.802. The summed E-state index contributed by atoms with van der Waals surface area (Å²) in [5.74, 6) is 0.562. The number of aromatic nitrogens is 1. The number of aryl methyl sites for hydroxylation is 1. The van der Waals surface area contributed by atoms with Gasteiger partial charge in [0.25, 0.3) is 0 Å². The van der Waals surface area contributed by atoms with Gasteiger partial charge in [0.1, 0.15) is 5.75 Å². The number of halogens is 2. The minimum absolute atomic E-state index is 0.430. The number of hydrogen-bond acceptors (Lipinski definition) is 4. The Balaban J connectivity index is 1.99. The average Bonchev–Trinajstić information content (AvgIpc) is 2.72. The molecule has 0 bridgehead atoms. The summed E-state index contributed by atoms with van der Waals surface area (Å²) in [5, 5.41) is 0.870. The van der Waals surface area contributed by atoms with Crippen molar-refractivity contribution in [3.05, 3.63) is 38.3 Å². The van der Waals surface area contributed by atoms with Crippen molar-refractivity contribution >= 4 is 40.2 Å². The second kappa shape index (κ2) is 5.78. The number of thiazole rings is 1. The van der Waals surface area contributed by atoms with Crippen molar-refractivity contribution in [3.63, 3.8) is 0 Å². The highest BCUT2D eigenvalue weighted by Crippen LogP contribution is 2.32.